The molecule has 0 aromatic rings. The Bertz CT molecular complexity index is 149. The molecule has 1 N–H and O–H groups in total. The van der Waals surface area contributed by atoms with E-state index >= 15 is 0 Å². The molecule has 64 valence electrons. The zero-order valence-corrected chi connectivity index (χ0v) is 6.96. The third kappa shape index (κ3) is 5.45. The summed E-state index contributed by atoms with van der Waals surface area (Å²) in [4.78, 5) is 10.7. The number of carbonyl (C=O) groups is 1. The fraction of sp³-hybridized carbons (Fsp3) is 0.625. The molecule has 0 atom stereocenters. The summed E-state index contributed by atoms with van der Waals surface area (Å²) < 4.78 is 4.51. The first kappa shape index (κ1) is 10.0. The summed E-state index contributed by atoms with van der Waals surface area (Å²) in [6, 6.07) is 0. The average molecular weight is 158 g/mol. The van der Waals surface area contributed by atoms with Crippen LogP contribution >= 0.6 is 0 Å². The van der Waals surface area contributed by atoms with Crippen molar-refractivity contribution in [2.75, 3.05) is 0 Å². The molecule has 0 aliphatic carbocycles. The second-order valence-electron chi connectivity index (χ2n) is 2.17. The third-order valence-corrected chi connectivity index (χ3v) is 1.05. The molecule has 3 heteroatoms. The van der Waals surface area contributed by atoms with E-state index in [9.17, 15) is 4.79 Å². The lowest BCUT2D eigenvalue weighted by Gasteiger charge is -1.99. The molecule has 0 saturated heterocycles. The lowest BCUT2D eigenvalue weighted by molar-refractivity contribution is -0.143. The predicted molar refractivity (Wildman–Crippen MR) is 42.0 cm³/mol. The molecule has 0 rings (SSSR count). The Morgan fingerprint density at radius 3 is 2.64 bits per heavy atom. The number of aliphatic hydroxyl groups excluding tert-OH is 1. The topological polar surface area (TPSA) is 46.5 Å². The average Bonchev–Trinajstić information content (AvgIpc) is 1.87. The minimum absolute atomic E-state index is 0.286. The third-order valence-electron chi connectivity index (χ3n) is 1.05. The van der Waals surface area contributed by atoms with Crippen LogP contribution in [0.4, 0.5) is 0 Å². The summed E-state index contributed by atoms with van der Waals surface area (Å²) in [5.74, 6) is -0.666. The van der Waals surface area contributed by atoms with Crippen LogP contribution in [0.3, 0.4) is 0 Å². The first-order valence-electron chi connectivity index (χ1n) is 3.80. The van der Waals surface area contributed by atoms with E-state index in [0.717, 1.165) is 6.42 Å². The molecule has 0 aliphatic heterocycles. The van der Waals surface area contributed by atoms with Gasteiger partial charge in [-0.05, 0) is 18.9 Å². The van der Waals surface area contributed by atoms with Gasteiger partial charge in [0, 0.05) is 6.42 Å². The predicted octanol–water partition coefficient (Wildman–Crippen LogP) is 2.14. The highest BCUT2D eigenvalue weighted by Crippen LogP contribution is 1.98. The van der Waals surface area contributed by atoms with E-state index in [2.05, 4.69) is 4.74 Å². The molecule has 0 heterocycles. The fourth-order valence-electron chi connectivity index (χ4n) is 0.588. The van der Waals surface area contributed by atoms with Crippen molar-refractivity contribution in [3.63, 3.8) is 0 Å². The molecule has 0 aliphatic rings. The Hall–Kier alpha value is -0.990. The molecular weight excluding hydrogens is 144 g/mol. The number of allylic oxidation sites excluding steroid dienone is 1. The van der Waals surface area contributed by atoms with Gasteiger partial charge in [-0.1, -0.05) is 13.8 Å². The van der Waals surface area contributed by atoms with Crippen molar-refractivity contribution in [1.82, 2.24) is 0 Å². The molecule has 0 bridgehead atoms. The fourth-order valence-corrected chi connectivity index (χ4v) is 0.588. The monoisotopic (exact) mass is 158 g/mol. The largest absolute Gasteiger partial charge is 0.481 e. The van der Waals surface area contributed by atoms with Crippen molar-refractivity contribution >= 4 is 5.97 Å². The first-order valence-corrected chi connectivity index (χ1v) is 3.80. The molecule has 0 amide bonds. The molecule has 0 aromatic carbocycles. The minimum Gasteiger partial charge on any atom is -0.481 e. The Morgan fingerprint density at radius 2 is 2.18 bits per heavy atom. The number of aliphatic hydroxyl groups is 1. The molecule has 3 nitrogen and oxygen atoms in total. The second kappa shape index (κ2) is 5.77. The van der Waals surface area contributed by atoms with Gasteiger partial charge in [0.05, 0.1) is 0 Å². The van der Waals surface area contributed by atoms with E-state index in [0.29, 0.717) is 12.8 Å². The van der Waals surface area contributed by atoms with Gasteiger partial charge in [-0.3, -0.25) is 4.79 Å². The molecule has 0 radical (unpaired) electrons. The van der Waals surface area contributed by atoms with Crippen LogP contribution in [0.1, 0.15) is 33.1 Å². The van der Waals surface area contributed by atoms with E-state index in [-0.39, 0.29) is 11.9 Å². The van der Waals surface area contributed by atoms with Crippen LogP contribution in [0.25, 0.3) is 0 Å². The molecule has 0 fully saturated rings. The van der Waals surface area contributed by atoms with Gasteiger partial charge in [0.2, 0.25) is 0 Å². The van der Waals surface area contributed by atoms with Crippen LogP contribution in [-0.4, -0.2) is 11.1 Å². The van der Waals surface area contributed by atoms with E-state index < -0.39 is 0 Å². The highest BCUT2D eigenvalue weighted by atomic mass is 16.6. The summed E-state index contributed by atoms with van der Waals surface area (Å²) in [6.45, 7) is 3.73. The van der Waals surface area contributed by atoms with Crippen LogP contribution in [0.2, 0.25) is 0 Å². The van der Waals surface area contributed by atoms with Gasteiger partial charge in [0.1, 0.15) is 0 Å². The van der Waals surface area contributed by atoms with Crippen LogP contribution in [-0.2, 0) is 9.53 Å². The zero-order valence-electron chi connectivity index (χ0n) is 6.96. The maximum atomic E-state index is 10.7. The molecular formula is C8H14O3. The summed E-state index contributed by atoms with van der Waals surface area (Å²) in [7, 11) is 0. The Kier molecular flexibility index (Phi) is 5.25. The summed E-state index contributed by atoms with van der Waals surface area (Å²) in [5, 5.41) is 8.86. The smallest absolute Gasteiger partial charge is 0.313 e. The van der Waals surface area contributed by atoms with Crippen LogP contribution in [0.5, 0.6) is 0 Å². The van der Waals surface area contributed by atoms with Gasteiger partial charge < -0.3 is 9.84 Å². The quantitative estimate of drug-likeness (QED) is 0.503. The Morgan fingerprint density at radius 1 is 1.55 bits per heavy atom. The van der Waals surface area contributed by atoms with E-state index in [1.807, 2.05) is 13.8 Å². The van der Waals surface area contributed by atoms with Gasteiger partial charge in [-0.25, -0.2) is 0 Å². The number of ether oxygens (including phenoxy) is 1. The van der Waals surface area contributed by atoms with Crippen LogP contribution in [0, 0.1) is 0 Å². The molecule has 0 unspecified atom stereocenters. The standard InChI is InChI=1S/C8H14O3/c1-3-5-7(9)11-8(10)6-4-2/h5,9H,3-4,6H2,1-2H3/b7-5+. The SMILES string of the molecule is CC/C=C(\O)OC(=O)CCC. The Balaban J connectivity index is 3.66. The van der Waals surface area contributed by atoms with Gasteiger partial charge in [-0.15, -0.1) is 0 Å². The van der Waals surface area contributed by atoms with Gasteiger partial charge in [0.25, 0.3) is 5.95 Å². The van der Waals surface area contributed by atoms with Crippen molar-refractivity contribution in [3.8, 4) is 0 Å². The summed E-state index contributed by atoms with van der Waals surface area (Å²) in [5.41, 5.74) is 0. The highest BCUT2D eigenvalue weighted by Gasteiger charge is 2.02. The summed E-state index contributed by atoms with van der Waals surface area (Å²) in [6.07, 6.45) is 3.19. The number of hydrogen-bond donors (Lipinski definition) is 1. The van der Waals surface area contributed by atoms with Crippen molar-refractivity contribution in [1.29, 1.82) is 0 Å². The van der Waals surface area contributed by atoms with Crippen molar-refractivity contribution < 1.29 is 14.6 Å². The lowest BCUT2D eigenvalue weighted by atomic mass is 10.3. The van der Waals surface area contributed by atoms with Crippen molar-refractivity contribution in [2.45, 2.75) is 33.1 Å². The molecule has 0 spiro atoms. The van der Waals surface area contributed by atoms with E-state index in [1.165, 1.54) is 6.08 Å². The number of carbonyl (C=O) groups excluding carboxylic acids is 1. The molecule has 0 aromatic heterocycles. The minimum atomic E-state index is -0.380. The Labute approximate surface area is 66.7 Å². The van der Waals surface area contributed by atoms with E-state index in [4.69, 9.17) is 5.11 Å². The van der Waals surface area contributed by atoms with Crippen LogP contribution < -0.4 is 0 Å². The number of rotatable bonds is 4. The highest BCUT2D eigenvalue weighted by molar-refractivity contribution is 5.70. The first-order chi connectivity index (χ1) is 5.20. The normalized spacial score (nSPS) is 11.3. The lowest BCUT2D eigenvalue weighted by Crippen LogP contribution is -2.02. The number of esters is 1. The maximum Gasteiger partial charge on any atom is 0.313 e. The zero-order chi connectivity index (χ0) is 8.69. The van der Waals surface area contributed by atoms with Crippen molar-refractivity contribution in [3.05, 3.63) is 12.0 Å². The van der Waals surface area contributed by atoms with Gasteiger partial charge in [0.15, 0.2) is 0 Å². The summed E-state index contributed by atoms with van der Waals surface area (Å²) >= 11 is 0. The second-order valence-corrected chi connectivity index (χ2v) is 2.17. The van der Waals surface area contributed by atoms with Gasteiger partial charge >= 0.3 is 5.97 Å². The maximum absolute atomic E-state index is 10.7. The van der Waals surface area contributed by atoms with Crippen molar-refractivity contribution in [2.24, 2.45) is 0 Å². The number of hydrogen-bond acceptors (Lipinski definition) is 3. The molecule has 11 heavy (non-hydrogen) atoms. The van der Waals surface area contributed by atoms with Gasteiger partial charge in [-0.2, -0.15) is 0 Å². The van der Waals surface area contributed by atoms with Crippen LogP contribution in [0.15, 0.2) is 12.0 Å². The molecule has 0 saturated carbocycles. The van der Waals surface area contributed by atoms with E-state index in [1.54, 1.807) is 0 Å².